The number of hydrogen-bond acceptors (Lipinski definition) is 5. The average molecular weight is 302 g/mol. The maximum Gasteiger partial charge on any atom is 0.275 e. The van der Waals surface area contributed by atoms with Gasteiger partial charge in [-0.05, 0) is 25.0 Å². The van der Waals surface area contributed by atoms with E-state index in [2.05, 4.69) is 5.32 Å². The van der Waals surface area contributed by atoms with Gasteiger partial charge in [-0.3, -0.25) is 0 Å². The number of aliphatic hydroxyl groups excluding tert-OH is 1. The number of furan rings is 1. The van der Waals surface area contributed by atoms with Crippen LogP contribution in [0.4, 0.5) is 0 Å². The van der Waals surface area contributed by atoms with E-state index in [-0.39, 0.29) is 17.2 Å². The number of rotatable bonds is 6. The van der Waals surface area contributed by atoms with Gasteiger partial charge in [0.2, 0.25) is 5.09 Å². The molecule has 6 nitrogen and oxygen atoms in total. The minimum atomic E-state index is -3.52. The summed E-state index contributed by atoms with van der Waals surface area (Å²) in [6, 6.07) is 3.12. The third-order valence-corrected chi connectivity index (χ3v) is 5.56. The highest BCUT2D eigenvalue weighted by atomic mass is 32.2. The quantitative estimate of drug-likeness (QED) is 0.816. The van der Waals surface area contributed by atoms with Crippen LogP contribution >= 0.6 is 0 Å². The minimum absolute atomic E-state index is 0.0521. The SMILES string of the molecule is CN(C)S(=O)(=O)c1ccc(CNC2(CO)CCCC2)o1. The lowest BCUT2D eigenvalue weighted by atomic mass is 9.99. The Bertz CT molecular complexity index is 544. The predicted molar refractivity (Wildman–Crippen MR) is 74.7 cm³/mol. The zero-order chi connectivity index (χ0) is 14.8. The number of nitrogens with one attached hydrogen (secondary N) is 1. The molecule has 0 aliphatic heterocycles. The Labute approximate surface area is 119 Å². The van der Waals surface area contributed by atoms with Crippen LogP contribution in [0.1, 0.15) is 31.4 Å². The fraction of sp³-hybridized carbons (Fsp3) is 0.692. The van der Waals surface area contributed by atoms with Crippen LogP contribution in [-0.2, 0) is 16.6 Å². The monoisotopic (exact) mass is 302 g/mol. The van der Waals surface area contributed by atoms with E-state index in [9.17, 15) is 13.5 Å². The molecule has 1 aliphatic carbocycles. The molecule has 1 saturated carbocycles. The first-order chi connectivity index (χ1) is 9.39. The van der Waals surface area contributed by atoms with Crippen LogP contribution in [0.2, 0.25) is 0 Å². The molecule has 1 aliphatic rings. The Morgan fingerprint density at radius 3 is 2.55 bits per heavy atom. The molecular formula is C13H22N2O4S. The standard InChI is InChI=1S/C13H22N2O4S/c1-15(2)20(17,18)12-6-5-11(19-12)9-14-13(10-16)7-3-4-8-13/h5-6,14,16H,3-4,7-10H2,1-2H3. The topological polar surface area (TPSA) is 82.8 Å². The Morgan fingerprint density at radius 1 is 1.35 bits per heavy atom. The normalized spacial score (nSPS) is 18.8. The molecule has 20 heavy (non-hydrogen) atoms. The van der Waals surface area contributed by atoms with Crippen molar-refractivity contribution < 1.29 is 17.9 Å². The number of nitrogens with zero attached hydrogens (tertiary/aromatic N) is 1. The van der Waals surface area contributed by atoms with Gasteiger partial charge in [-0.1, -0.05) is 12.8 Å². The molecule has 1 heterocycles. The first-order valence-electron chi connectivity index (χ1n) is 6.77. The Balaban J connectivity index is 2.03. The van der Waals surface area contributed by atoms with Gasteiger partial charge >= 0.3 is 0 Å². The van der Waals surface area contributed by atoms with E-state index in [1.54, 1.807) is 6.07 Å². The molecule has 1 aromatic heterocycles. The Hall–Kier alpha value is -0.890. The summed E-state index contributed by atoms with van der Waals surface area (Å²) in [5.41, 5.74) is -0.243. The minimum Gasteiger partial charge on any atom is -0.447 e. The highest BCUT2D eigenvalue weighted by molar-refractivity contribution is 7.88. The molecule has 2 rings (SSSR count). The van der Waals surface area contributed by atoms with Gasteiger partial charge < -0.3 is 14.8 Å². The zero-order valence-corrected chi connectivity index (χ0v) is 12.7. The maximum absolute atomic E-state index is 11.9. The molecule has 0 spiro atoms. The summed E-state index contributed by atoms with van der Waals surface area (Å²) in [5, 5.41) is 12.8. The molecule has 2 N–H and O–H groups in total. The van der Waals surface area contributed by atoms with E-state index >= 15 is 0 Å². The van der Waals surface area contributed by atoms with Gasteiger partial charge in [0.15, 0.2) is 0 Å². The van der Waals surface area contributed by atoms with Crippen molar-refractivity contribution in [1.82, 2.24) is 9.62 Å². The lowest BCUT2D eigenvalue weighted by Gasteiger charge is -2.27. The highest BCUT2D eigenvalue weighted by Gasteiger charge is 2.32. The molecule has 0 atom stereocenters. The predicted octanol–water partition coefficient (Wildman–Crippen LogP) is 0.925. The maximum atomic E-state index is 11.9. The fourth-order valence-electron chi connectivity index (χ4n) is 2.49. The molecule has 1 aromatic rings. The van der Waals surface area contributed by atoms with E-state index in [1.807, 2.05) is 0 Å². The van der Waals surface area contributed by atoms with Gasteiger partial charge in [-0.25, -0.2) is 12.7 Å². The average Bonchev–Trinajstić information content (AvgIpc) is 3.06. The third-order valence-electron chi connectivity index (χ3n) is 3.87. The molecule has 0 amide bonds. The van der Waals surface area contributed by atoms with E-state index in [0.717, 1.165) is 30.0 Å². The van der Waals surface area contributed by atoms with Crippen molar-refractivity contribution in [3.63, 3.8) is 0 Å². The van der Waals surface area contributed by atoms with Crippen LogP contribution in [0, 0.1) is 0 Å². The first-order valence-corrected chi connectivity index (χ1v) is 8.21. The largest absolute Gasteiger partial charge is 0.447 e. The third kappa shape index (κ3) is 3.06. The van der Waals surface area contributed by atoms with E-state index < -0.39 is 10.0 Å². The molecule has 0 radical (unpaired) electrons. The van der Waals surface area contributed by atoms with Crippen molar-refractivity contribution >= 4 is 10.0 Å². The van der Waals surface area contributed by atoms with Crippen molar-refractivity contribution in [3.05, 3.63) is 17.9 Å². The van der Waals surface area contributed by atoms with Crippen LogP contribution in [0.5, 0.6) is 0 Å². The van der Waals surface area contributed by atoms with Gasteiger partial charge in [0.05, 0.1) is 13.2 Å². The Morgan fingerprint density at radius 2 is 2.00 bits per heavy atom. The van der Waals surface area contributed by atoms with Crippen molar-refractivity contribution in [1.29, 1.82) is 0 Å². The molecule has 0 aromatic carbocycles. The van der Waals surface area contributed by atoms with Gasteiger partial charge in [-0.15, -0.1) is 0 Å². The summed E-state index contributed by atoms with van der Waals surface area (Å²) in [6.45, 7) is 0.514. The van der Waals surface area contributed by atoms with E-state index in [0.29, 0.717) is 12.3 Å². The van der Waals surface area contributed by atoms with Crippen LogP contribution in [0.15, 0.2) is 21.6 Å². The van der Waals surface area contributed by atoms with Crippen LogP contribution < -0.4 is 5.32 Å². The van der Waals surface area contributed by atoms with Gasteiger partial charge in [0.1, 0.15) is 5.76 Å². The number of hydrogen-bond donors (Lipinski definition) is 2. The molecule has 114 valence electrons. The Kier molecular flexibility index (Phi) is 4.53. The van der Waals surface area contributed by atoms with Crippen LogP contribution in [-0.4, -0.2) is 44.1 Å². The molecule has 1 fully saturated rings. The molecule has 0 bridgehead atoms. The van der Waals surface area contributed by atoms with Crippen LogP contribution in [0.3, 0.4) is 0 Å². The smallest absolute Gasteiger partial charge is 0.275 e. The van der Waals surface area contributed by atoms with Crippen molar-refractivity contribution in [2.24, 2.45) is 0 Å². The van der Waals surface area contributed by atoms with Gasteiger partial charge in [0, 0.05) is 19.6 Å². The summed E-state index contributed by atoms with van der Waals surface area (Å²) < 4.78 is 30.3. The fourth-order valence-corrected chi connectivity index (χ4v) is 3.30. The molecule has 0 saturated heterocycles. The number of sulfonamides is 1. The van der Waals surface area contributed by atoms with Crippen LogP contribution in [0.25, 0.3) is 0 Å². The molecular weight excluding hydrogens is 280 g/mol. The summed E-state index contributed by atoms with van der Waals surface area (Å²) in [5.74, 6) is 0.560. The van der Waals surface area contributed by atoms with E-state index in [4.69, 9.17) is 4.42 Å². The van der Waals surface area contributed by atoms with Crippen molar-refractivity contribution in [2.75, 3.05) is 20.7 Å². The second-order valence-electron chi connectivity index (χ2n) is 5.51. The zero-order valence-electron chi connectivity index (χ0n) is 11.9. The van der Waals surface area contributed by atoms with Gasteiger partial charge in [0.25, 0.3) is 10.0 Å². The van der Waals surface area contributed by atoms with Crippen molar-refractivity contribution in [3.8, 4) is 0 Å². The van der Waals surface area contributed by atoms with Crippen molar-refractivity contribution in [2.45, 2.75) is 42.9 Å². The lowest BCUT2D eigenvalue weighted by Crippen LogP contribution is -2.45. The summed E-state index contributed by atoms with van der Waals surface area (Å²) in [4.78, 5) is 0. The van der Waals surface area contributed by atoms with Gasteiger partial charge in [-0.2, -0.15) is 0 Å². The summed E-state index contributed by atoms with van der Waals surface area (Å²) >= 11 is 0. The molecule has 7 heteroatoms. The lowest BCUT2D eigenvalue weighted by molar-refractivity contribution is 0.159. The first kappa shape index (κ1) is 15.5. The van der Waals surface area contributed by atoms with E-state index in [1.165, 1.54) is 20.2 Å². The summed E-state index contributed by atoms with van der Waals surface area (Å²) in [7, 11) is -0.590. The molecule has 0 unspecified atom stereocenters. The second-order valence-corrected chi connectivity index (χ2v) is 7.59. The highest BCUT2D eigenvalue weighted by Crippen LogP contribution is 2.29. The number of aliphatic hydroxyl groups is 1. The second kappa shape index (κ2) is 5.85. The summed E-state index contributed by atoms with van der Waals surface area (Å²) in [6.07, 6.45) is 4.08.